The number of hydrogen-bond donors (Lipinski definition) is 2. The Bertz CT molecular complexity index is 525. The SMILES string of the molecule is CC(C)CNC(=O)C(=O)Nc1ccccc1N1CCOCC1. The van der Waals surface area contributed by atoms with Crippen molar-refractivity contribution in [3.63, 3.8) is 0 Å². The lowest BCUT2D eigenvalue weighted by Gasteiger charge is -2.30. The van der Waals surface area contributed by atoms with Crippen molar-refractivity contribution in [1.29, 1.82) is 0 Å². The predicted molar refractivity (Wildman–Crippen MR) is 86.0 cm³/mol. The third-order valence-corrected chi connectivity index (χ3v) is 3.38. The van der Waals surface area contributed by atoms with E-state index in [2.05, 4.69) is 15.5 Å². The van der Waals surface area contributed by atoms with Gasteiger partial charge in [-0.2, -0.15) is 0 Å². The maximum atomic E-state index is 12.0. The van der Waals surface area contributed by atoms with Crippen LogP contribution in [0.25, 0.3) is 0 Å². The Balaban J connectivity index is 2.02. The van der Waals surface area contributed by atoms with E-state index < -0.39 is 11.8 Å². The molecule has 1 saturated heterocycles. The number of morpholine rings is 1. The molecule has 0 aromatic heterocycles. The molecule has 1 aromatic carbocycles. The quantitative estimate of drug-likeness (QED) is 0.821. The summed E-state index contributed by atoms with van der Waals surface area (Å²) in [6.45, 7) is 7.31. The molecule has 1 aromatic rings. The molecule has 2 N–H and O–H groups in total. The summed E-state index contributed by atoms with van der Waals surface area (Å²) in [5.41, 5.74) is 1.56. The zero-order valence-corrected chi connectivity index (χ0v) is 13.1. The van der Waals surface area contributed by atoms with Gasteiger partial charge in [0, 0.05) is 19.6 Å². The molecule has 2 amide bonds. The lowest BCUT2D eigenvalue weighted by atomic mass is 10.2. The Hall–Kier alpha value is -2.08. The van der Waals surface area contributed by atoms with Gasteiger partial charge in [0.1, 0.15) is 0 Å². The van der Waals surface area contributed by atoms with Gasteiger partial charge < -0.3 is 20.3 Å². The van der Waals surface area contributed by atoms with E-state index in [0.29, 0.717) is 31.4 Å². The highest BCUT2D eigenvalue weighted by atomic mass is 16.5. The van der Waals surface area contributed by atoms with Crippen LogP contribution in [0, 0.1) is 5.92 Å². The van der Waals surface area contributed by atoms with Crippen LogP contribution in [0.5, 0.6) is 0 Å². The minimum absolute atomic E-state index is 0.303. The molecule has 0 spiro atoms. The molecule has 0 radical (unpaired) electrons. The average Bonchev–Trinajstić information content (AvgIpc) is 2.53. The summed E-state index contributed by atoms with van der Waals surface area (Å²) < 4.78 is 5.34. The summed E-state index contributed by atoms with van der Waals surface area (Å²) in [6.07, 6.45) is 0. The first-order valence-corrected chi connectivity index (χ1v) is 7.59. The Kier molecular flexibility index (Phi) is 5.77. The smallest absolute Gasteiger partial charge is 0.313 e. The molecular weight excluding hydrogens is 282 g/mol. The topological polar surface area (TPSA) is 70.7 Å². The average molecular weight is 305 g/mol. The Morgan fingerprint density at radius 2 is 1.86 bits per heavy atom. The van der Waals surface area contributed by atoms with Crippen LogP contribution in [-0.4, -0.2) is 44.7 Å². The van der Waals surface area contributed by atoms with Crippen molar-refractivity contribution in [2.45, 2.75) is 13.8 Å². The van der Waals surface area contributed by atoms with E-state index in [9.17, 15) is 9.59 Å². The first kappa shape index (κ1) is 16.3. The molecule has 1 aliphatic heterocycles. The van der Waals surface area contributed by atoms with Crippen LogP contribution < -0.4 is 15.5 Å². The lowest BCUT2D eigenvalue weighted by Crippen LogP contribution is -2.39. The number of carbonyl (C=O) groups is 2. The highest BCUT2D eigenvalue weighted by Crippen LogP contribution is 2.26. The summed E-state index contributed by atoms with van der Waals surface area (Å²) in [5.74, 6) is -0.941. The van der Waals surface area contributed by atoms with Crippen molar-refractivity contribution in [3.8, 4) is 0 Å². The highest BCUT2D eigenvalue weighted by Gasteiger charge is 2.18. The van der Waals surface area contributed by atoms with Gasteiger partial charge >= 0.3 is 11.8 Å². The number of amides is 2. The third-order valence-electron chi connectivity index (χ3n) is 3.38. The molecule has 6 heteroatoms. The summed E-state index contributed by atoms with van der Waals surface area (Å²) in [6, 6.07) is 7.50. The molecule has 1 fully saturated rings. The number of nitrogens with one attached hydrogen (secondary N) is 2. The lowest BCUT2D eigenvalue weighted by molar-refractivity contribution is -0.136. The largest absolute Gasteiger partial charge is 0.378 e. The molecule has 0 saturated carbocycles. The maximum Gasteiger partial charge on any atom is 0.313 e. The minimum Gasteiger partial charge on any atom is -0.378 e. The highest BCUT2D eigenvalue weighted by molar-refractivity contribution is 6.39. The van der Waals surface area contributed by atoms with Gasteiger partial charge in [0.05, 0.1) is 24.6 Å². The van der Waals surface area contributed by atoms with Crippen molar-refractivity contribution < 1.29 is 14.3 Å². The zero-order chi connectivity index (χ0) is 15.9. The Labute approximate surface area is 130 Å². The van der Waals surface area contributed by atoms with E-state index in [4.69, 9.17) is 4.74 Å². The molecule has 1 aliphatic rings. The second-order valence-corrected chi connectivity index (χ2v) is 5.67. The van der Waals surface area contributed by atoms with Crippen LogP contribution in [0.3, 0.4) is 0 Å². The number of hydrogen-bond acceptors (Lipinski definition) is 4. The van der Waals surface area contributed by atoms with E-state index >= 15 is 0 Å². The van der Waals surface area contributed by atoms with E-state index in [0.717, 1.165) is 18.8 Å². The van der Waals surface area contributed by atoms with Crippen LogP contribution in [0.1, 0.15) is 13.8 Å². The molecule has 0 aliphatic carbocycles. The van der Waals surface area contributed by atoms with Crippen molar-refractivity contribution in [2.75, 3.05) is 43.1 Å². The minimum atomic E-state index is -0.638. The van der Waals surface area contributed by atoms with Crippen molar-refractivity contribution in [2.24, 2.45) is 5.92 Å². The molecule has 0 bridgehead atoms. The summed E-state index contributed by atoms with van der Waals surface area (Å²) in [7, 11) is 0. The standard InChI is InChI=1S/C16H23N3O3/c1-12(2)11-17-15(20)16(21)18-13-5-3-4-6-14(13)19-7-9-22-10-8-19/h3-6,12H,7-11H2,1-2H3,(H,17,20)(H,18,21). The number of anilines is 2. The molecule has 120 valence electrons. The van der Waals surface area contributed by atoms with Crippen LogP contribution in [0.15, 0.2) is 24.3 Å². The van der Waals surface area contributed by atoms with Crippen molar-refractivity contribution in [1.82, 2.24) is 5.32 Å². The molecular formula is C16H23N3O3. The summed E-state index contributed by atoms with van der Waals surface area (Å²) >= 11 is 0. The fraction of sp³-hybridized carbons (Fsp3) is 0.500. The summed E-state index contributed by atoms with van der Waals surface area (Å²) in [4.78, 5) is 25.9. The zero-order valence-electron chi connectivity index (χ0n) is 13.1. The predicted octanol–water partition coefficient (Wildman–Crippen LogP) is 1.23. The number of nitrogens with zero attached hydrogens (tertiary/aromatic N) is 1. The summed E-state index contributed by atoms with van der Waals surface area (Å²) in [5, 5.41) is 5.31. The van der Waals surface area contributed by atoms with Gasteiger partial charge in [-0.1, -0.05) is 26.0 Å². The van der Waals surface area contributed by atoms with Gasteiger partial charge in [-0.05, 0) is 18.1 Å². The Morgan fingerprint density at radius 1 is 1.18 bits per heavy atom. The Morgan fingerprint density at radius 3 is 2.55 bits per heavy atom. The molecule has 0 unspecified atom stereocenters. The van der Waals surface area contributed by atoms with E-state index in [1.165, 1.54) is 0 Å². The van der Waals surface area contributed by atoms with Gasteiger partial charge in [0.2, 0.25) is 0 Å². The number of rotatable bonds is 4. The molecule has 22 heavy (non-hydrogen) atoms. The van der Waals surface area contributed by atoms with E-state index in [1.807, 2.05) is 32.0 Å². The van der Waals surface area contributed by atoms with Crippen LogP contribution in [-0.2, 0) is 14.3 Å². The fourth-order valence-corrected chi connectivity index (χ4v) is 2.22. The third kappa shape index (κ3) is 4.46. The monoisotopic (exact) mass is 305 g/mol. The number of benzene rings is 1. The number of para-hydroxylation sites is 2. The van der Waals surface area contributed by atoms with Crippen molar-refractivity contribution >= 4 is 23.2 Å². The molecule has 6 nitrogen and oxygen atoms in total. The number of carbonyl (C=O) groups excluding carboxylic acids is 2. The van der Waals surface area contributed by atoms with Gasteiger partial charge in [0.25, 0.3) is 0 Å². The first-order chi connectivity index (χ1) is 10.6. The van der Waals surface area contributed by atoms with E-state index in [1.54, 1.807) is 6.07 Å². The molecule has 0 atom stereocenters. The van der Waals surface area contributed by atoms with Gasteiger partial charge in [-0.3, -0.25) is 9.59 Å². The van der Waals surface area contributed by atoms with E-state index in [-0.39, 0.29) is 0 Å². The second kappa shape index (κ2) is 7.79. The second-order valence-electron chi connectivity index (χ2n) is 5.67. The fourth-order valence-electron chi connectivity index (χ4n) is 2.22. The van der Waals surface area contributed by atoms with Gasteiger partial charge in [-0.25, -0.2) is 0 Å². The number of ether oxygens (including phenoxy) is 1. The molecule has 1 heterocycles. The van der Waals surface area contributed by atoms with Crippen LogP contribution >= 0.6 is 0 Å². The van der Waals surface area contributed by atoms with Gasteiger partial charge in [-0.15, -0.1) is 0 Å². The van der Waals surface area contributed by atoms with Crippen molar-refractivity contribution in [3.05, 3.63) is 24.3 Å². The van der Waals surface area contributed by atoms with Crippen LogP contribution in [0.2, 0.25) is 0 Å². The van der Waals surface area contributed by atoms with Crippen LogP contribution in [0.4, 0.5) is 11.4 Å². The molecule has 2 rings (SSSR count). The normalized spacial score (nSPS) is 14.8. The van der Waals surface area contributed by atoms with Gasteiger partial charge in [0.15, 0.2) is 0 Å². The maximum absolute atomic E-state index is 12.0. The first-order valence-electron chi connectivity index (χ1n) is 7.59.